The summed E-state index contributed by atoms with van der Waals surface area (Å²) in [5, 5.41) is 11.7. The van der Waals surface area contributed by atoms with Crippen molar-refractivity contribution < 1.29 is 8.85 Å². The largest absolute Gasteiger partial charge is 0.480 e. The second-order valence-electron chi connectivity index (χ2n) is 5.82. The average Bonchev–Trinajstić information content (AvgIpc) is 3.25. The van der Waals surface area contributed by atoms with E-state index < -0.39 is 12.5 Å². The normalized spacial score (nSPS) is 13.9. The molecule has 0 unspecified atom stereocenters. The Hall–Kier alpha value is -2.49. The molecule has 25 heavy (non-hydrogen) atoms. The molecule has 0 saturated carbocycles. The molecule has 3 rings (SSSR count). The minimum absolute atomic E-state index is 0.333. The lowest BCUT2D eigenvalue weighted by atomic mass is 10.1. The summed E-state index contributed by atoms with van der Waals surface area (Å²) in [4.78, 5) is 12.6. The van der Waals surface area contributed by atoms with Crippen LogP contribution in [0.4, 0.5) is 11.6 Å². The molecule has 0 aromatic carbocycles. The Balaban J connectivity index is 1.89. The summed E-state index contributed by atoms with van der Waals surface area (Å²) in [6.45, 7) is 3.15. The molecule has 0 spiro atoms. The highest BCUT2D eigenvalue weighted by Gasteiger charge is 2.29. The van der Waals surface area contributed by atoms with Gasteiger partial charge in [-0.15, -0.1) is 0 Å². The Morgan fingerprint density at radius 2 is 2.12 bits per heavy atom. The molecule has 0 radical (unpaired) electrons. The van der Waals surface area contributed by atoms with E-state index in [1.54, 1.807) is 17.1 Å². The fourth-order valence-corrected chi connectivity index (χ4v) is 2.54. The van der Waals surface area contributed by atoms with Gasteiger partial charge in [-0.2, -0.15) is 15.2 Å². The van der Waals surface area contributed by atoms with Gasteiger partial charge in [-0.05, 0) is 36.7 Å². The first-order valence-electron chi connectivity index (χ1n) is 8.85. The second-order valence-corrected chi connectivity index (χ2v) is 6.67. The molecule has 10 heteroatoms. The minimum atomic E-state index is -2.38. The van der Waals surface area contributed by atoms with Crippen molar-refractivity contribution in [1.82, 2.24) is 34.5 Å². The highest BCUT2D eigenvalue weighted by Crippen LogP contribution is 2.27. The zero-order valence-corrected chi connectivity index (χ0v) is 15.7. The molecular weight excluding hydrogens is 388 g/mol. The van der Waals surface area contributed by atoms with Crippen LogP contribution in [0.3, 0.4) is 0 Å². The van der Waals surface area contributed by atoms with Gasteiger partial charge in [-0.1, -0.05) is 0 Å². The van der Waals surface area contributed by atoms with Crippen molar-refractivity contribution in [2.75, 3.05) is 12.4 Å². The summed E-state index contributed by atoms with van der Waals surface area (Å²) < 4.78 is 30.7. The van der Waals surface area contributed by atoms with E-state index in [0.29, 0.717) is 33.5 Å². The van der Waals surface area contributed by atoms with Crippen LogP contribution in [0, 0.1) is 6.92 Å². The Morgan fingerprint density at radius 3 is 2.80 bits per heavy atom. The SMILES string of the molecule is [2H]C([2H])([2H])n1cnc(C(C)(C)n2cc(Nc3ncc(Br)c(OC)n3)c(C)n2)n1. The van der Waals surface area contributed by atoms with Crippen LogP contribution in [0.2, 0.25) is 0 Å². The third-order valence-corrected chi connectivity index (χ3v) is 4.21. The van der Waals surface area contributed by atoms with Crippen molar-refractivity contribution in [2.45, 2.75) is 26.3 Å². The van der Waals surface area contributed by atoms with Gasteiger partial charge >= 0.3 is 0 Å². The lowest BCUT2D eigenvalue weighted by Crippen LogP contribution is -2.30. The van der Waals surface area contributed by atoms with Gasteiger partial charge in [0.25, 0.3) is 0 Å². The first-order chi connectivity index (χ1) is 13.0. The van der Waals surface area contributed by atoms with E-state index in [-0.39, 0.29) is 0 Å². The Bertz CT molecular complexity index is 998. The van der Waals surface area contributed by atoms with E-state index >= 15 is 0 Å². The number of aryl methyl sites for hydroxylation is 2. The van der Waals surface area contributed by atoms with Gasteiger partial charge in [0, 0.05) is 17.3 Å². The molecule has 0 amide bonds. The van der Waals surface area contributed by atoms with Crippen LogP contribution in [0.15, 0.2) is 23.2 Å². The topological polar surface area (TPSA) is 95.6 Å². The van der Waals surface area contributed by atoms with E-state index in [9.17, 15) is 0 Å². The van der Waals surface area contributed by atoms with Gasteiger partial charge in [0.2, 0.25) is 11.8 Å². The molecule has 3 heterocycles. The highest BCUT2D eigenvalue weighted by atomic mass is 79.9. The van der Waals surface area contributed by atoms with Gasteiger partial charge in [-0.25, -0.2) is 9.97 Å². The van der Waals surface area contributed by atoms with E-state index in [1.807, 2.05) is 20.8 Å². The quantitative estimate of drug-likeness (QED) is 0.690. The number of hydrogen-bond acceptors (Lipinski definition) is 7. The van der Waals surface area contributed by atoms with Crippen molar-refractivity contribution in [3.05, 3.63) is 34.7 Å². The minimum Gasteiger partial charge on any atom is -0.480 e. The number of rotatable bonds is 5. The van der Waals surface area contributed by atoms with Gasteiger partial charge < -0.3 is 10.1 Å². The number of ether oxygens (including phenoxy) is 1. The molecular formula is C15H19BrN8O. The van der Waals surface area contributed by atoms with Gasteiger partial charge in [-0.3, -0.25) is 9.36 Å². The number of anilines is 2. The molecule has 0 saturated heterocycles. The smallest absolute Gasteiger partial charge is 0.232 e. The fourth-order valence-electron chi connectivity index (χ4n) is 2.19. The van der Waals surface area contributed by atoms with E-state index in [2.05, 4.69) is 46.4 Å². The lowest BCUT2D eigenvalue weighted by molar-refractivity contribution is 0.365. The lowest BCUT2D eigenvalue weighted by Gasteiger charge is -2.21. The highest BCUT2D eigenvalue weighted by molar-refractivity contribution is 9.10. The maximum absolute atomic E-state index is 7.44. The Labute approximate surface area is 157 Å². The first-order valence-corrected chi connectivity index (χ1v) is 8.14. The van der Waals surface area contributed by atoms with Crippen molar-refractivity contribution in [2.24, 2.45) is 6.98 Å². The number of halogens is 1. The Morgan fingerprint density at radius 1 is 1.32 bits per heavy atom. The molecule has 0 bridgehead atoms. The summed E-state index contributed by atoms with van der Waals surface area (Å²) in [6.07, 6.45) is 4.55. The summed E-state index contributed by atoms with van der Waals surface area (Å²) >= 11 is 3.31. The zero-order chi connectivity index (χ0) is 20.7. The predicted molar refractivity (Wildman–Crippen MR) is 96.0 cm³/mol. The van der Waals surface area contributed by atoms with Crippen LogP contribution >= 0.6 is 15.9 Å². The first kappa shape index (κ1) is 13.8. The van der Waals surface area contributed by atoms with E-state index in [0.717, 1.165) is 4.68 Å². The summed E-state index contributed by atoms with van der Waals surface area (Å²) in [5.41, 5.74) is 0.612. The molecule has 1 N–H and O–H groups in total. The average molecular weight is 410 g/mol. The molecule has 9 nitrogen and oxygen atoms in total. The molecule has 132 valence electrons. The maximum Gasteiger partial charge on any atom is 0.232 e. The number of aromatic nitrogens is 7. The monoisotopic (exact) mass is 409 g/mol. The molecule has 3 aromatic heterocycles. The fraction of sp³-hybridized carbons (Fsp3) is 0.400. The molecule has 0 atom stereocenters. The summed E-state index contributed by atoms with van der Waals surface area (Å²) in [7, 11) is 1.52. The third-order valence-electron chi connectivity index (χ3n) is 3.66. The van der Waals surface area contributed by atoms with E-state index in [1.165, 1.54) is 13.4 Å². The summed E-state index contributed by atoms with van der Waals surface area (Å²) in [6, 6.07) is 0. The molecule has 0 aliphatic heterocycles. The van der Waals surface area contributed by atoms with Crippen molar-refractivity contribution in [3.8, 4) is 5.88 Å². The van der Waals surface area contributed by atoms with Gasteiger partial charge in [0.15, 0.2) is 5.82 Å². The third kappa shape index (κ3) is 3.34. The number of hydrogen-bond donors (Lipinski definition) is 1. The summed E-state index contributed by atoms with van der Waals surface area (Å²) in [5.74, 6) is 1.09. The van der Waals surface area contributed by atoms with Crippen LogP contribution in [0.25, 0.3) is 0 Å². The standard InChI is InChI=1S/C15H19BrN8O/c1-9-11(19-14-17-6-10(16)12(20-14)25-5)7-24(21-9)15(2,3)13-18-8-23(4)22-13/h6-8H,1-5H3,(H,17,19,20)/i4D3. The number of nitrogens with zero attached hydrogens (tertiary/aromatic N) is 7. The maximum atomic E-state index is 7.44. The Kier molecular flexibility index (Phi) is 3.54. The zero-order valence-electron chi connectivity index (χ0n) is 17.1. The van der Waals surface area contributed by atoms with Crippen LogP contribution in [-0.4, -0.2) is 41.6 Å². The van der Waals surface area contributed by atoms with E-state index in [4.69, 9.17) is 8.85 Å². The second kappa shape index (κ2) is 6.43. The molecule has 0 fully saturated rings. The van der Waals surface area contributed by atoms with Gasteiger partial charge in [0.1, 0.15) is 11.9 Å². The van der Waals surface area contributed by atoms with Crippen LogP contribution in [0.5, 0.6) is 5.88 Å². The molecule has 0 aliphatic carbocycles. The van der Waals surface area contributed by atoms with Crippen LogP contribution in [0.1, 0.15) is 29.5 Å². The van der Waals surface area contributed by atoms with Crippen molar-refractivity contribution in [1.29, 1.82) is 0 Å². The number of methoxy groups -OCH3 is 1. The molecule has 0 aliphatic rings. The van der Waals surface area contributed by atoms with Crippen molar-refractivity contribution >= 4 is 27.6 Å². The van der Waals surface area contributed by atoms with Crippen LogP contribution in [-0.2, 0) is 12.5 Å². The van der Waals surface area contributed by atoms with Gasteiger partial charge in [0.05, 0.1) is 29.2 Å². The predicted octanol–water partition coefficient (Wildman–Crippen LogP) is 2.41. The molecule has 3 aromatic rings. The van der Waals surface area contributed by atoms with Crippen LogP contribution < -0.4 is 10.1 Å². The van der Waals surface area contributed by atoms with Crippen molar-refractivity contribution in [3.63, 3.8) is 0 Å². The number of nitrogens with one attached hydrogen (secondary N) is 1.